The molecule has 26 heavy (non-hydrogen) atoms. The van der Waals surface area contributed by atoms with Gasteiger partial charge in [0.15, 0.2) is 0 Å². The highest BCUT2D eigenvalue weighted by Crippen LogP contribution is 2.31. The number of aryl methyl sites for hydroxylation is 1. The Kier molecular flexibility index (Phi) is 4.52. The van der Waals surface area contributed by atoms with E-state index in [-0.39, 0.29) is 18.6 Å². The fraction of sp³-hybridized carbons (Fsp3) is 0.333. The SMILES string of the molecule is Cc1ccc(-c2cc(C(=O)N3CCC[C@H]3CO)cc(-n3cnnn3)c2)s1. The van der Waals surface area contributed by atoms with Crippen LogP contribution in [-0.4, -0.2) is 55.3 Å². The molecule has 3 heterocycles. The molecule has 1 saturated heterocycles. The number of carbonyl (C=O) groups excluding carboxylic acids is 1. The summed E-state index contributed by atoms with van der Waals surface area (Å²) in [6.45, 7) is 2.73. The molecule has 1 aliphatic heterocycles. The number of thiophene rings is 1. The number of hydrogen-bond acceptors (Lipinski definition) is 6. The summed E-state index contributed by atoms with van der Waals surface area (Å²) in [5.41, 5.74) is 2.28. The fourth-order valence-electron chi connectivity index (χ4n) is 3.34. The minimum absolute atomic E-state index is 0.00456. The highest BCUT2D eigenvalue weighted by molar-refractivity contribution is 7.15. The van der Waals surface area contributed by atoms with Gasteiger partial charge in [0.05, 0.1) is 18.3 Å². The van der Waals surface area contributed by atoms with Gasteiger partial charge in [-0.3, -0.25) is 4.79 Å². The Morgan fingerprint density at radius 1 is 1.35 bits per heavy atom. The van der Waals surface area contributed by atoms with Crippen LogP contribution in [0.15, 0.2) is 36.7 Å². The Labute approximate surface area is 154 Å². The second-order valence-electron chi connectivity index (χ2n) is 6.41. The van der Waals surface area contributed by atoms with Gasteiger partial charge in [-0.15, -0.1) is 16.4 Å². The largest absolute Gasteiger partial charge is 0.394 e. The molecule has 0 bridgehead atoms. The van der Waals surface area contributed by atoms with Crippen molar-refractivity contribution in [2.24, 2.45) is 0 Å². The molecule has 1 aromatic carbocycles. The van der Waals surface area contributed by atoms with Crippen LogP contribution in [0.2, 0.25) is 0 Å². The first-order valence-electron chi connectivity index (χ1n) is 8.53. The van der Waals surface area contributed by atoms with Gasteiger partial charge in [-0.05, 0) is 66.1 Å². The van der Waals surface area contributed by atoms with Gasteiger partial charge in [0.1, 0.15) is 6.33 Å². The lowest BCUT2D eigenvalue weighted by atomic mass is 10.1. The Hall–Kier alpha value is -2.58. The quantitative estimate of drug-likeness (QED) is 0.763. The van der Waals surface area contributed by atoms with Crippen LogP contribution in [-0.2, 0) is 0 Å². The molecular weight excluding hydrogens is 350 g/mol. The van der Waals surface area contributed by atoms with Crippen molar-refractivity contribution in [3.8, 4) is 16.1 Å². The van der Waals surface area contributed by atoms with E-state index >= 15 is 0 Å². The summed E-state index contributed by atoms with van der Waals surface area (Å²) < 4.78 is 1.55. The second-order valence-corrected chi connectivity index (χ2v) is 7.70. The molecule has 134 valence electrons. The third kappa shape index (κ3) is 3.13. The molecule has 1 amide bonds. The molecule has 0 saturated carbocycles. The molecule has 1 aliphatic rings. The molecule has 3 aromatic rings. The first-order valence-corrected chi connectivity index (χ1v) is 9.34. The van der Waals surface area contributed by atoms with Crippen LogP contribution >= 0.6 is 11.3 Å². The summed E-state index contributed by atoms with van der Waals surface area (Å²) in [5, 5.41) is 20.9. The topological polar surface area (TPSA) is 84.1 Å². The predicted octanol–water partition coefficient (Wildman–Crippen LogP) is 2.30. The van der Waals surface area contributed by atoms with Crippen LogP contribution in [0, 0.1) is 6.92 Å². The molecule has 8 heteroatoms. The molecule has 7 nitrogen and oxygen atoms in total. The highest BCUT2D eigenvalue weighted by Gasteiger charge is 2.29. The average Bonchev–Trinajstić information content (AvgIpc) is 3.41. The van der Waals surface area contributed by atoms with E-state index in [1.165, 1.54) is 11.2 Å². The molecule has 1 atom stereocenters. The van der Waals surface area contributed by atoms with E-state index in [0.717, 1.165) is 29.0 Å². The number of carbonyl (C=O) groups is 1. The van der Waals surface area contributed by atoms with E-state index in [4.69, 9.17) is 0 Å². The summed E-state index contributed by atoms with van der Waals surface area (Å²) in [5.74, 6) is -0.0639. The first-order chi connectivity index (χ1) is 12.7. The Balaban J connectivity index is 1.78. The number of aromatic nitrogens is 4. The van der Waals surface area contributed by atoms with Crippen LogP contribution in [0.25, 0.3) is 16.1 Å². The van der Waals surface area contributed by atoms with Crippen molar-refractivity contribution in [1.29, 1.82) is 0 Å². The van der Waals surface area contributed by atoms with E-state index in [2.05, 4.69) is 34.6 Å². The minimum atomic E-state index is -0.105. The van der Waals surface area contributed by atoms with Crippen molar-refractivity contribution in [2.75, 3.05) is 13.2 Å². The van der Waals surface area contributed by atoms with E-state index in [1.807, 2.05) is 12.1 Å². The smallest absolute Gasteiger partial charge is 0.254 e. The van der Waals surface area contributed by atoms with Gasteiger partial charge >= 0.3 is 0 Å². The highest BCUT2D eigenvalue weighted by atomic mass is 32.1. The Bertz CT molecular complexity index is 922. The Morgan fingerprint density at radius 3 is 2.92 bits per heavy atom. The Morgan fingerprint density at radius 2 is 2.23 bits per heavy atom. The van der Waals surface area contributed by atoms with Gasteiger partial charge in [0.25, 0.3) is 5.91 Å². The van der Waals surface area contributed by atoms with E-state index in [1.54, 1.807) is 27.0 Å². The van der Waals surface area contributed by atoms with E-state index < -0.39 is 0 Å². The number of rotatable bonds is 4. The lowest BCUT2D eigenvalue weighted by molar-refractivity contribution is 0.0677. The van der Waals surface area contributed by atoms with Crippen molar-refractivity contribution in [2.45, 2.75) is 25.8 Å². The molecule has 4 rings (SSSR count). The summed E-state index contributed by atoms with van der Waals surface area (Å²) in [7, 11) is 0. The summed E-state index contributed by atoms with van der Waals surface area (Å²) in [4.78, 5) is 17.1. The zero-order valence-electron chi connectivity index (χ0n) is 14.4. The van der Waals surface area contributed by atoms with Gasteiger partial charge in [-0.25, -0.2) is 4.68 Å². The van der Waals surface area contributed by atoms with Crippen molar-refractivity contribution < 1.29 is 9.90 Å². The normalized spacial score (nSPS) is 17.0. The molecule has 0 radical (unpaired) electrons. The number of hydrogen-bond donors (Lipinski definition) is 1. The standard InChI is InChI=1S/C18H19N5O2S/c1-12-4-5-17(26-12)13-7-14(9-16(8-13)23-11-19-20-21-23)18(25)22-6-2-3-15(22)10-24/h4-5,7-9,11,15,24H,2-3,6,10H2,1H3/t15-/m0/s1. The monoisotopic (exact) mass is 369 g/mol. The maximum absolute atomic E-state index is 13.1. The second kappa shape index (κ2) is 6.97. The third-order valence-corrected chi connectivity index (χ3v) is 5.70. The molecule has 0 aliphatic carbocycles. The minimum Gasteiger partial charge on any atom is -0.394 e. The van der Waals surface area contributed by atoms with Gasteiger partial charge in [-0.2, -0.15) is 0 Å². The molecular formula is C18H19N5O2S. The van der Waals surface area contributed by atoms with Crippen LogP contribution in [0.1, 0.15) is 28.1 Å². The summed E-state index contributed by atoms with van der Waals surface area (Å²) in [6, 6.07) is 9.70. The van der Waals surface area contributed by atoms with E-state index in [9.17, 15) is 9.90 Å². The third-order valence-electron chi connectivity index (χ3n) is 4.65. The molecule has 1 fully saturated rings. The molecule has 0 spiro atoms. The number of tetrazole rings is 1. The molecule has 2 aromatic heterocycles. The maximum Gasteiger partial charge on any atom is 0.254 e. The lowest BCUT2D eigenvalue weighted by Gasteiger charge is -2.23. The van der Waals surface area contributed by atoms with Gasteiger partial charge in [0.2, 0.25) is 0 Å². The van der Waals surface area contributed by atoms with Crippen molar-refractivity contribution in [3.05, 3.63) is 47.1 Å². The average molecular weight is 369 g/mol. The maximum atomic E-state index is 13.1. The fourth-order valence-corrected chi connectivity index (χ4v) is 4.19. The summed E-state index contributed by atoms with van der Waals surface area (Å²) >= 11 is 1.68. The predicted molar refractivity (Wildman–Crippen MR) is 98.3 cm³/mol. The number of amides is 1. The van der Waals surface area contributed by atoms with Crippen molar-refractivity contribution >= 4 is 17.2 Å². The number of benzene rings is 1. The summed E-state index contributed by atoms with van der Waals surface area (Å²) in [6.07, 6.45) is 3.27. The zero-order chi connectivity index (χ0) is 18.1. The molecule has 0 unspecified atom stereocenters. The first kappa shape index (κ1) is 16.9. The number of likely N-dealkylation sites (tertiary alicyclic amines) is 1. The lowest BCUT2D eigenvalue weighted by Crippen LogP contribution is -2.37. The van der Waals surface area contributed by atoms with Crippen LogP contribution < -0.4 is 0 Å². The zero-order valence-corrected chi connectivity index (χ0v) is 15.2. The van der Waals surface area contributed by atoms with Crippen LogP contribution in [0.5, 0.6) is 0 Å². The van der Waals surface area contributed by atoms with Gasteiger partial charge in [0, 0.05) is 21.9 Å². The molecule has 1 N–H and O–H groups in total. The van der Waals surface area contributed by atoms with Crippen molar-refractivity contribution in [1.82, 2.24) is 25.1 Å². The number of aliphatic hydroxyl groups excluding tert-OH is 1. The van der Waals surface area contributed by atoms with E-state index in [0.29, 0.717) is 12.1 Å². The van der Waals surface area contributed by atoms with Gasteiger partial charge in [-0.1, -0.05) is 0 Å². The number of aliphatic hydroxyl groups is 1. The van der Waals surface area contributed by atoms with Crippen LogP contribution in [0.3, 0.4) is 0 Å². The van der Waals surface area contributed by atoms with Crippen molar-refractivity contribution in [3.63, 3.8) is 0 Å². The number of nitrogens with zero attached hydrogens (tertiary/aromatic N) is 5. The van der Waals surface area contributed by atoms with Gasteiger partial charge < -0.3 is 10.0 Å². The van der Waals surface area contributed by atoms with Crippen LogP contribution in [0.4, 0.5) is 0 Å².